The Kier molecular flexibility index (Phi) is 4.89. The molecule has 1 heterocycles. The monoisotopic (exact) mass is 334 g/mol. The third kappa shape index (κ3) is 4.32. The number of carbonyl (C=O) groups is 1. The summed E-state index contributed by atoms with van der Waals surface area (Å²) in [6, 6.07) is 19.9. The molecule has 1 aromatic heterocycles. The third-order valence-corrected chi connectivity index (χ3v) is 3.69. The normalized spacial score (nSPS) is 10.3. The Labute approximate surface area is 145 Å². The van der Waals surface area contributed by atoms with Gasteiger partial charge in [0.15, 0.2) is 0 Å². The average Bonchev–Trinajstić information content (AvgIpc) is 2.64. The predicted molar refractivity (Wildman–Crippen MR) is 97.2 cm³/mol. The highest BCUT2D eigenvalue weighted by Crippen LogP contribution is 2.18. The summed E-state index contributed by atoms with van der Waals surface area (Å²) in [4.78, 5) is 23.3. The first-order chi connectivity index (χ1) is 12.1. The number of carbonyl (C=O) groups excluding carboxylic acids is 1. The molecule has 126 valence electrons. The first-order valence-corrected chi connectivity index (χ1v) is 7.85. The molecule has 0 unspecified atom stereocenters. The molecule has 0 radical (unpaired) electrons. The number of benzene rings is 2. The molecule has 0 aliphatic carbocycles. The van der Waals surface area contributed by atoms with Gasteiger partial charge in [-0.3, -0.25) is 4.79 Å². The van der Waals surface area contributed by atoms with Crippen molar-refractivity contribution in [1.82, 2.24) is 15.1 Å². The Morgan fingerprint density at radius 3 is 2.40 bits per heavy atom. The molecule has 0 atom stereocenters. The summed E-state index contributed by atoms with van der Waals surface area (Å²) in [6.07, 6.45) is 0. The van der Waals surface area contributed by atoms with Crippen LogP contribution in [0.2, 0.25) is 0 Å². The van der Waals surface area contributed by atoms with Crippen LogP contribution in [0.15, 0.2) is 71.5 Å². The van der Waals surface area contributed by atoms with Gasteiger partial charge in [0.2, 0.25) is 0 Å². The Morgan fingerprint density at radius 2 is 1.72 bits per heavy atom. The molecular formula is C19H18N4O2. The van der Waals surface area contributed by atoms with Gasteiger partial charge in [-0.2, -0.15) is 5.10 Å². The number of nitrogens with one attached hydrogen (secondary N) is 2. The van der Waals surface area contributed by atoms with Gasteiger partial charge >= 0.3 is 6.03 Å². The van der Waals surface area contributed by atoms with Gasteiger partial charge in [0.1, 0.15) is 0 Å². The quantitative estimate of drug-likeness (QED) is 0.770. The fourth-order valence-corrected chi connectivity index (χ4v) is 2.33. The minimum atomic E-state index is -0.267. The second-order valence-electron chi connectivity index (χ2n) is 5.55. The minimum Gasteiger partial charge on any atom is -0.334 e. The van der Waals surface area contributed by atoms with Crippen LogP contribution in [0.1, 0.15) is 5.56 Å². The number of hydrogen-bond acceptors (Lipinski definition) is 3. The summed E-state index contributed by atoms with van der Waals surface area (Å²) in [6.45, 7) is 0.465. The molecule has 0 bridgehead atoms. The number of amides is 2. The summed E-state index contributed by atoms with van der Waals surface area (Å²) in [5.74, 6) is 0. The van der Waals surface area contributed by atoms with Gasteiger partial charge in [0.25, 0.3) is 5.56 Å². The standard InChI is InChI=1S/C19H18N4O2/c1-23-18(24)12-11-17(22-23)15-7-9-16(10-8-15)21-19(25)20-13-14-5-3-2-4-6-14/h2-12H,13H2,1H3,(H2,20,21,25). The van der Waals surface area contributed by atoms with E-state index in [9.17, 15) is 9.59 Å². The molecule has 3 rings (SSSR count). The molecular weight excluding hydrogens is 316 g/mol. The maximum Gasteiger partial charge on any atom is 0.319 e. The van der Waals surface area contributed by atoms with Gasteiger partial charge in [-0.15, -0.1) is 0 Å². The van der Waals surface area contributed by atoms with Crippen LogP contribution < -0.4 is 16.2 Å². The summed E-state index contributed by atoms with van der Waals surface area (Å²) >= 11 is 0. The SMILES string of the molecule is Cn1nc(-c2ccc(NC(=O)NCc3ccccc3)cc2)ccc1=O. The summed E-state index contributed by atoms with van der Waals surface area (Å²) in [5, 5.41) is 9.79. The van der Waals surface area contributed by atoms with E-state index in [0.717, 1.165) is 11.1 Å². The van der Waals surface area contributed by atoms with Crippen molar-refractivity contribution in [2.75, 3.05) is 5.32 Å². The van der Waals surface area contributed by atoms with E-state index in [1.807, 2.05) is 42.5 Å². The van der Waals surface area contributed by atoms with Crippen LogP contribution in [0.3, 0.4) is 0 Å². The van der Waals surface area contributed by atoms with Crippen molar-refractivity contribution in [2.45, 2.75) is 6.54 Å². The minimum absolute atomic E-state index is 0.155. The Hall–Kier alpha value is -3.41. The second kappa shape index (κ2) is 7.44. The molecule has 0 aliphatic heterocycles. The van der Waals surface area contributed by atoms with Gasteiger partial charge in [-0.1, -0.05) is 42.5 Å². The topological polar surface area (TPSA) is 76.0 Å². The van der Waals surface area contributed by atoms with Gasteiger partial charge in [0.05, 0.1) is 5.69 Å². The van der Waals surface area contributed by atoms with E-state index in [1.165, 1.54) is 10.7 Å². The van der Waals surface area contributed by atoms with Crippen LogP contribution >= 0.6 is 0 Å². The maximum absolute atomic E-state index is 12.0. The van der Waals surface area contributed by atoms with Crippen LogP contribution in [0.4, 0.5) is 10.5 Å². The smallest absolute Gasteiger partial charge is 0.319 e. The van der Waals surface area contributed by atoms with Crippen molar-refractivity contribution in [3.05, 3.63) is 82.6 Å². The van der Waals surface area contributed by atoms with Crippen molar-refractivity contribution in [2.24, 2.45) is 7.05 Å². The Morgan fingerprint density at radius 1 is 1.00 bits per heavy atom. The van der Waals surface area contributed by atoms with Crippen LogP contribution in [0, 0.1) is 0 Å². The zero-order chi connectivity index (χ0) is 17.6. The summed E-state index contributed by atoms with van der Waals surface area (Å²) in [7, 11) is 1.61. The number of hydrogen-bond donors (Lipinski definition) is 2. The molecule has 0 saturated heterocycles. The van der Waals surface area contributed by atoms with Gasteiger partial charge in [0, 0.05) is 30.9 Å². The van der Waals surface area contributed by atoms with Gasteiger partial charge in [-0.25, -0.2) is 9.48 Å². The zero-order valence-electron chi connectivity index (χ0n) is 13.8. The van der Waals surface area contributed by atoms with Crippen LogP contribution in [-0.2, 0) is 13.6 Å². The number of nitrogens with zero attached hydrogens (tertiary/aromatic N) is 2. The molecule has 6 heteroatoms. The fraction of sp³-hybridized carbons (Fsp3) is 0.105. The Balaban J connectivity index is 1.61. The summed E-state index contributed by atoms with van der Waals surface area (Å²) in [5.41, 5.74) is 3.12. The number of anilines is 1. The number of aromatic nitrogens is 2. The maximum atomic E-state index is 12.0. The largest absolute Gasteiger partial charge is 0.334 e. The highest BCUT2D eigenvalue weighted by atomic mass is 16.2. The second-order valence-corrected chi connectivity index (χ2v) is 5.55. The van der Waals surface area contributed by atoms with Crippen molar-refractivity contribution >= 4 is 11.7 Å². The molecule has 2 N–H and O–H groups in total. The van der Waals surface area contributed by atoms with Crippen molar-refractivity contribution < 1.29 is 4.79 Å². The molecule has 0 aliphatic rings. The van der Waals surface area contributed by atoms with E-state index < -0.39 is 0 Å². The van der Waals surface area contributed by atoms with E-state index in [2.05, 4.69) is 15.7 Å². The van der Waals surface area contributed by atoms with Gasteiger partial charge in [-0.05, 0) is 23.8 Å². The van der Waals surface area contributed by atoms with Crippen molar-refractivity contribution in [3.63, 3.8) is 0 Å². The van der Waals surface area contributed by atoms with Crippen LogP contribution in [0.25, 0.3) is 11.3 Å². The highest BCUT2D eigenvalue weighted by molar-refractivity contribution is 5.89. The lowest BCUT2D eigenvalue weighted by atomic mass is 10.1. The molecule has 2 aromatic carbocycles. The average molecular weight is 334 g/mol. The molecule has 0 saturated carbocycles. The highest BCUT2D eigenvalue weighted by Gasteiger charge is 2.04. The van der Waals surface area contributed by atoms with Gasteiger partial charge < -0.3 is 10.6 Å². The van der Waals surface area contributed by atoms with Crippen LogP contribution in [0.5, 0.6) is 0 Å². The molecule has 3 aromatic rings. The lowest BCUT2D eigenvalue weighted by molar-refractivity contribution is 0.251. The first kappa shape index (κ1) is 16.4. The van der Waals surface area contributed by atoms with E-state index in [0.29, 0.717) is 17.9 Å². The zero-order valence-corrected chi connectivity index (χ0v) is 13.8. The predicted octanol–water partition coefficient (Wildman–Crippen LogP) is 2.77. The molecule has 25 heavy (non-hydrogen) atoms. The number of aryl methyl sites for hydroxylation is 1. The molecule has 2 amide bonds. The van der Waals surface area contributed by atoms with E-state index in [4.69, 9.17) is 0 Å². The molecule has 0 fully saturated rings. The van der Waals surface area contributed by atoms with E-state index >= 15 is 0 Å². The van der Waals surface area contributed by atoms with E-state index in [1.54, 1.807) is 25.2 Å². The molecule has 6 nitrogen and oxygen atoms in total. The molecule has 0 spiro atoms. The number of urea groups is 1. The van der Waals surface area contributed by atoms with E-state index in [-0.39, 0.29) is 11.6 Å². The van der Waals surface area contributed by atoms with Crippen LogP contribution in [-0.4, -0.2) is 15.8 Å². The Bertz CT molecular complexity index is 918. The lowest BCUT2D eigenvalue weighted by Gasteiger charge is -2.09. The van der Waals surface area contributed by atoms with Crippen molar-refractivity contribution in [3.8, 4) is 11.3 Å². The first-order valence-electron chi connectivity index (χ1n) is 7.85. The summed E-state index contributed by atoms with van der Waals surface area (Å²) < 4.78 is 1.29. The lowest BCUT2D eigenvalue weighted by Crippen LogP contribution is -2.28. The van der Waals surface area contributed by atoms with Crippen molar-refractivity contribution in [1.29, 1.82) is 0 Å². The fourth-order valence-electron chi connectivity index (χ4n) is 2.33. The third-order valence-electron chi connectivity index (χ3n) is 3.69. The number of rotatable bonds is 4.